The van der Waals surface area contributed by atoms with E-state index in [0.717, 1.165) is 24.1 Å². The smallest absolute Gasteiger partial charge is 0.251 e. The van der Waals surface area contributed by atoms with Crippen LogP contribution in [-0.2, 0) is 14.9 Å². The van der Waals surface area contributed by atoms with Crippen LogP contribution in [0, 0.1) is 0 Å². The molecule has 2 amide bonds. The van der Waals surface area contributed by atoms with E-state index in [1.165, 1.54) is 0 Å². The fourth-order valence-corrected chi connectivity index (χ4v) is 4.21. The first-order chi connectivity index (χ1) is 14.0. The molecular weight excluding hydrogens is 390 g/mol. The Kier molecular flexibility index (Phi) is 5.48. The normalized spacial score (nSPS) is 18.0. The summed E-state index contributed by atoms with van der Waals surface area (Å²) in [5.74, 6) is -0.239. The Labute approximate surface area is 175 Å². The molecule has 0 saturated carbocycles. The molecule has 2 N–H and O–H groups in total. The Bertz CT molecular complexity index is 923. The van der Waals surface area contributed by atoms with Crippen LogP contribution in [0.1, 0.15) is 28.8 Å². The van der Waals surface area contributed by atoms with E-state index in [9.17, 15) is 9.59 Å². The maximum atomic E-state index is 12.9. The molecule has 0 bridgehead atoms. The number of anilines is 2. The zero-order valence-electron chi connectivity index (χ0n) is 16.3. The highest BCUT2D eigenvalue weighted by molar-refractivity contribution is 6.30. The zero-order valence-corrected chi connectivity index (χ0v) is 17.1. The first-order valence-corrected chi connectivity index (χ1v) is 10.1. The molecule has 0 aromatic heterocycles. The van der Waals surface area contributed by atoms with Crippen molar-refractivity contribution in [2.45, 2.75) is 18.3 Å². The summed E-state index contributed by atoms with van der Waals surface area (Å²) in [7, 11) is 1.86. The summed E-state index contributed by atoms with van der Waals surface area (Å²) in [6.07, 6.45) is 1.67. The molecule has 4 rings (SSSR count). The van der Waals surface area contributed by atoms with Gasteiger partial charge >= 0.3 is 0 Å². The van der Waals surface area contributed by atoms with Gasteiger partial charge in [0.1, 0.15) is 0 Å². The zero-order chi connectivity index (χ0) is 20.4. The van der Waals surface area contributed by atoms with Crippen molar-refractivity contribution < 1.29 is 14.3 Å². The fraction of sp³-hybridized carbons (Fsp3) is 0.364. The van der Waals surface area contributed by atoms with Crippen LogP contribution < -0.4 is 15.5 Å². The number of hydrogen-bond donors (Lipinski definition) is 2. The van der Waals surface area contributed by atoms with E-state index in [0.29, 0.717) is 42.6 Å². The highest BCUT2D eigenvalue weighted by atomic mass is 35.5. The SMILES string of the molecule is CN1CC(=O)Nc2cc(C(=O)NCC3(c4ccc(Cl)cc4)CCOCC3)ccc21. The Morgan fingerprint density at radius 1 is 1.21 bits per heavy atom. The fourth-order valence-electron chi connectivity index (χ4n) is 4.09. The summed E-state index contributed by atoms with van der Waals surface area (Å²) in [5, 5.41) is 6.63. The lowest BCUT2D eigenvalue weighted by Crippen LogP contribution is -2.44. The van der Waals surface area contributed by atoms with Crippen molar-refractivity contribution in [2.24, 2.45) is 0 Å². The molecule has 1 saturated heterocycles. The van der Waals surface area contributed by atoms with Crippen LogP contribution in [0.5, 0.6) is 0 Å². The molecule has 2 aliphatic heterocycles. The van der Waals surface area contributed by atoms with Crippen molar-refractivity contribution in [3.8, 4) is 0 Å². The van der Waals surface area contributed by atoms with Crippen molar-refractivity contribution in [1.29, 1.82) is 0 Å². The van der Waals surface area contributed by atoms with Crippen molar-refractivity contribution >= 4 is 34.8 Å². The second-order valence-electron chi connectivity index (χ2n) is 7.72. The molecule has 2 aromatic carbocycles. The van der Waals surface area contributed by atoms with E-state index in [4.69, 9.17) is 16.3 Å². The maximum Gasteiger partial charge on any atom is 0.251 e. The summed E-state index contributed by atoms with van der Waals surface area (Å²) in [6.45, 7) is 2.15. The molecule has 2 heterocycles. The molecule has 152 valence electrons. The third-order valence-corrected chi connectivity index (χ3v) is 6.07. The van der Waals surface area contributed by atoms with Gasteiger partial charge < -0.3 is 20.3 Å². The van der Waals surface area contributed by atoms with E-state index < -0.39 is 0 Å². The standard InChI is InChI=1S/C22H24ClN3O3/c1-26-13-20(27)25-18-12-15(2-7-19(18)26)21(28)24-14-22(8-10-29-11-9-22)16-3-5-17(23)6-4-16/h2-7,12H,8-11,13-14H2,1H3,(H,24,28)(H,25,27). The molecule has 29 heavy (non-hydrogen) atoms. The lowest BCUT2D eigenvalue weighted by molar-refractivity contribution is -0.115. The molecule has 1 fully saturated rings. The Morgan fingerprint density at radius 3 is 2.66 bits per heavy atom. The minimum absolute atomic E-state index is 0.0820. The van der Waals surface area contributed by atoms with E-state index >= 15 is 0 Å². The number of nitrogens with zero attached hydrogens (tertiary/aromatic N) is 1. The molecule has 7 heteroatoms. The van der Waals surface area contributed by atoms with Gasteiger partial charge in [0.25, 0.3) is 5.91 Å². The lowest BCUT2D eigenvalue weighted by Gasteiger charge is -2.38. The maximum absolute atomic E-state index is 12.9. The number of carbonyl (C=O) groups is 2. The first-order valence-electron chi connectivity index (χ1n) is 9.74. The van der Waals surface area contributed by atoms with E-state index in [-0.39, 0.29) is 17.2 Å². The van der Waals surface area contributed by atoms with Gasteiger partial charge in [0.15, 0.2) is 0 Å². The topological polar surface area (TPSA) is 70.7 Å². The van der Waals surface area contributed by atoms with Gasteiger partial charge in [0.2, 0.25) is 5.91 Å². The summed E-state index contributed by atoms with van der Waals surface area (Å²) in [4.78, 5) is 26.5. The van der Waals surface area contributed by atoms with Crippen LogP contribution in [0.3, 0.4) is 0 Å². The van der Waals surface area contributed by atoms with Gasteiger partial charge in [0, 0.05) is 42.8 Å². The molecule has 6 nitrogen and oxygen atoms in total. The van der Waals surface area contributed by atoms with E-state index in [1.807, 2.05) is 42.3 Å². The largest absolute Gasteiger partial charge is 0.381 e. The number of nitrogens with one attached hydrogen (secondary N) is 2. The van der Waals surface area contributed by atoms with Gasteiger partial charge in [-0.3, -0.25) is 9.59 Å². The quantitative estimate of drug-likeness (QED) is 0.807. The van der Waals surface area contributed by atoms with Crippen molar-refractivity contribution in [2.75, 3.05) is 43.6 Å². The number of halogens is 1. The Balaban J connectivity index is 1.52. The summed E-state index contributed by atoms with van der Waals surface area (Å²) < 4.78 is 5.56. The highest BCUT2D eigenvalue weighted by Crippen LogP contribution is 2.35. The summed E-state index contributed by atoms with van der Waals surface area (Å²) >= 11 is 6.05. The number of ether oxygens (including phenoxy) is 1. The van der Waals surface area contributed by atoms with E-state index in [1.54, 1.807) is 12.1 Å². The van der Waals surface area contributed by atoms with Crippen LogP contribution in [0.15, 0.2) is 42.5 Å². The average molecular weight is 414 g/mol. The first kappa shape index (κ1) is 19.7. The van der Waals surface area contributed by atoms with Crippen molar-refractivity contribution in [3.05, 3.63) is 58.6 Å². The van der Waals surface area contributed by atoms with Crippen LogP contribution in [0.4, 0.5) is 11.4 Å². The number of hydrogen-bond acceptors (Lipinski definition) is 4. The van der Waals surface area contributed by atoms with E-state index in [2.05, 4.69) is 10.6 Å². The second-order valence-corrected chi connectivity index (χ2v) is 8.15. The lowest BCUT2D eigenvalue weighted by atomic mass is 9.74. The summed E-state index contributed by atoms with van der Waals surface area (Å²) in [5.41, 5.74) is 3.07. The number of amides is 2. The predicted molar refractivity (Wildman–Crippen MR) is 114 cm³/mol. The third-order valence-electron chi connectivity index (χ3n) is 5.82. The molecule has 2 aliphatic rings. The molecule has 2 aromatic rings. The molecular formula is C22H24ClN3O3. The molecule has 0 atom stereocenters. The van der Waals surface area contributed by atoms with Gasteiger partial charge in [0.05, 0.1) is 17.9 Å². The second kappa shape index (κ2) is 8.05. The monoisotopic (exact) mass is 413 g/mol. The number of rotatable bonds is 4. The Hall–Kier alpha value is -2.57. The van der Waals surface area contributed by atoms with Crippen LogP contribution in [0.25, 0.3) is 0 Å². The minimum atomic E-state index is -0.179. The number of fused-ring (bicyclic) bond motifs is 1. The van der Waals surface area contributed by atoms with Gasteiger partial charge in [-0.15, -0.1) is 0 Å². The predicted octanol–water partition coefficient (Wildman–Crippen LogP) is 3.21. The van der Waals surface area contributed by atoms with Crippen molar-refractivity contribution in [1.82, 2.24) is 5.32 Å². The molecule has 0 spiro atoms. The number of carbonyl (C=O) groups excluding carboxylic acids is 2. The van der Waals surface area contributed by atoms with Gasteiger partial charge in [-0.2, -0.15) is 0 Å². The third kappa shape index (κ3) is 4.09. The number of benzene rings is 2. The minimum Gasteiger partial charge on any atom is -0.381 e. The molecule has 0 radical (unpaired) electrons. The molecule has 0 unspecified atom stereocenters. The average Bonchev–Trinajstić information content (AvgIpc) is 2.72. The highest BCUT2D eigenvalue weighted by Gasteiger charge is 2.35. The van der Waals surface area contributed by atoms with Crippen LogP contribution in [-0.4, -0.2) is 45.2 Å². The van der Waals surface area contributed by atoms with Gasteiger partial charge in [-0.05, 0) is 48.7 Å². The van der Waals surface area contributed by atoms with Crippen molar-refractivity contribution in [3.63, 3.8) is 0 Å². The van der Waals surface area contributed by atoms with Crippen LogP contribution in [0.2, 0.25) is 5.02 Å². The Morgan fingerprint density at radius 2 is 1.93 bits per heavy atom. The van der Waals surface area contributed by atoms with Crippen LogP contribution >= 0.6 is 11.6 Å². The molecule has 0 aliphatic carbocycles. The van der Waals surface area contributed by atoms with Gasteiger partial charge in [-0.1, -0.05) is 23.7 Å². The van der Waals surface area contributed by atoms with Gasteiger partial charge in [-0.25, -0.2) is 0 Å². The number of likely N-dealkylation sites (N-methyl/N-ethyl adjacent to an activating group) is 1. The summed E-state index contributed by atoms with van der Waals surface area (Å²) in [6, 6.07) is 13.2.